The van der Waals surface area contributed by atoms with Crippen LogP contribution in [0.5, 0.6) is 0 Å². The first-order chi connectivity index (χ1) is 6.68. The van der Waals surface area contributed by atoms with Gasteiger partial charge in [-0.15, -0.1) is 0 Å². The smallest absolute Gasteiger partial charge is 0.0465 e. The molecule has 1 atom stereocenters. The second-order valence-electron chi connectivity index (χ2n) is 3.88. The predicted octanol–water partition coefficient (Wildman–Crippen LogP) is 3.90. The normalized spacial score (nSPS) is 19.1. The summed E-state index contributed by atoms with van der Waals surface area (Å²) in [5, 5.41) is 0.777. The van der Waals surface area contributed by atoms with Gasteiger partial charge in [0.2, 0.25) is 0 Å². The van der Waals surface area contributed by atoms with E-state index in [0.717, 1.165) is 15.1 Å². The van der Waals surface area contributed by atoms with E-state index in [-0.39, 0.29) is 6.04 Å². The van der Waals surface area contributed by atoms with E-state index >= 15 is 0 Å². The summed E-state index contributed by atoms with van der Waals surface area (Å²) in [6.45, 7) is 0. The van der Waals surface area contributed by atoms with E-state index < -0.39 is 0 Å². The maximum atomic E-state index is 6.15. The Kier molecular flexibility index (Phi) is 3.15. The van der Waals surface area contributed by atoms with Gasteiger partial charge in [-0.3, -0.25) is 0 Å². The van der Waals surface area contributed by atoms with Crippen molar-refractivity contribution in [3.05, 3.63) is 33.3 Å². The molecule has 1 aliphatic carbocycles. The molecule has 1 aromatic carbocycles. The van der Waals surface area contributed by atoms with E-state index in [1.807, 2.05) is 18.2 Å². The molecule has 3 heteroatoms. The Hall–Kier alpha value is -0.0500. The van der Waals surface area contributed by atoms with E-state index in [1.165, 1.54) is 19.3 Å². The van der Waals surface area contributed by atoms with Crippen LogP contribution in [0.25, 0.3) is 0 Å². The van der Waals surface area contributed by atoms with Crippen molar-refractivity contribution >= 4 is 27.5 Å². The average Bonchev–Trinajstić information content (AvgIpc) is 2.00. The first-order valence-electron chi connectivity index (χ1n) is 4.89. The number of rotatable bonds is 2. The van der Waals surface area contributed by atoms with Gasteiger partial charge in [0, 0.05) is 15.5 Å². The highest BCUT2D eigenvalue weighted by molar-refractivity contribution is 9.10. The summed E-state index contributed by atoms with van der Waals surface area (Å²) in [6, 6.07) is 6.05. The largest absolute Gasteiger partial charge is 0.324 e. The Balaban J connectivity index is 2.22. The second kappa shape index (κ2) is 4.21. The number of halogens is 2. The maximum absolute atomic E-state index is 6.15. The zero-order chi connectivity index (χ0) is 10.1. The van der Waals surface area contributed by atoms with Crippen LogP contribution in [0.3, 0.4) is 0 Å². The van der Waals surface area contributed by atoms with Crippen molar-refractivity contribution < 1.29 is 0 Å². The minimum Gasteiger partial charge on any atom is -0.324 e. The Morgan fingerprint density at radius 3 is 2.64 bits per heavy atom. The molecular weight excluding hydrogens is 261 g/mol. The number of benzene rings is 1. The van der Waals surface area contributed by atoms with Gasteiger partial charge in [0.15, 0.2) is 0 Å². The summed E-state index contributed by atoms with van der Waals surface area (Å²) in [6.07, 6.45) is 3.80. The van der Waals surface area contributed by atoms with Crippen LogP contribution in [-0.4, -0.2) is 0 Å². The van der Waals surface area contributed by atoms with Gasteiger partial charge in [0.1, 0.15) is 0 Å². The number of hydrogen-bond donors (Lipinski definition) is 1. The predicted molar refractivity (Wildman–Crippen MR) is 63.4 cm³/mol. The lowest BCUT2D eigenvalue weighted by Gasteiger charge is -2.31. The Bertz CT molecular complexity index is 336. The molecule has 1 saturated carbocycles. The quantitative estimate of drug-likeness (QED) is 0.869. The summed E-state index contributed by atoms with van der Waals surface area (Å²) in [5.41, 5.74) is 7.23. The highest BCUT2D eigenvalue weighted by atomic mass is 79.9. The van der Waals surface area contributed by atoms with Gasteiger partial charge in [-0.05, 0) is 36.5 Å². The molecule has 1 fully saturated rings. The van der Waals surface area contributed by atoms with Crippen LogP contribution in [0.4, 0.5) is 0 Å². The third-order valence-corrected chi connectivity index (χ3v) is 3.80. The molecule has 1 nitrogen and oxygen atoms in total. The van der Waals surface area contributed by atoms with Gasteiger partial charge in [-0.2, -0.15) is 0 Å². The van der Waals surface area contributed by atoms with Crippen molar-refractivity contribution in [1.29, 1.82) is 0 Å². The highest BCUT2D eigenvalue weighted by Crippen LogP contribution is 2.38. The van der Waals surface area contributed by atoms with E-state index in [2.05, 4.69) is 15.9 Å². The molecule has 0 aliphatic heterocycles. The van der Waals surface area contributed by atoms with Crippen LogP contribution >= 0.6 is 27.5 Å². The van der Waals surface area contributed by atoms with Crippen molar-refractivity contribution in [2.75, 3.05) is 0 Å². The molecule has 0 spiro atoms. The standard InChI is InChI=1S/C11H13BrClN/c12-8-4-5-9(10(13)6-8)11(14)7-2-1-3-7/h4-7,11H,1-3,14H2/t11-/m0/s1. The highest BCUT2D eigenvalue weighted by Gasteiger charge is 2.26. The fraction of sp³-hybridized carbons (Fsp3) is 0.455. The van der Waals surface area contributed by atoms with Gasteiger partial charge in [-0.25, -0.2) is 0 Å². The first kappa shape index (κ1) is 10.5. The molecule has 14 heavy (non-hydrogen) atoms. The molecule has 2 rings (SSSR count). The summed E-state index contributed by atoms with van der Waals surface area (Å²) in [5.74, 6) is 0.633. The summed E-state index contributed by atoms with van der Waals surface area (Å²) >= 11 is 9.53. The molecule has 1 aliphatic rings. The topological polar surface area (TPSA) is 26.0 Å². The van der Waals surface area contributed by atoms with Crippen LogP contribution in [-0.2, 0) is 0 Å². The summed E-state index contributed by atoms with van der Waals surface area (Å²) in [7, 11) is 0. The zero-order valence-electron chi connectivity index (χ0n) is 7.84. The lowest BCUT2D eigenvalue weighted by atomic mass is 9.77. The van der Waals surface area contributed by atoms with Crippen molar-refractivity contribution in [2.45, 2.75) is 25.3 Å². The molecule has 0 amide bonds. The van der Waals surface area contributed by atoms with Gasteiger partial charge >= 0.3 is 0 Å². The van der Waals surface area contributed by atoms with Crippen LogP contribution in [0.2, 0.25) is 5.02 Å². The molecule has 76 valence electrons. The molecule has 0 bridgehead atoms. The second-order valence-corrected chi connectivity index (χ2v) is 5.21. The fourth-order valence-electron chi connectivity index (χ4n) is 1.82. The van der Waals surface area contributed by atoms with Gasteiger partial charge < -0.3 is 5.73 Å². The Morgan fingerprint density at radius 2 is 2.14 bits per heavy atom. The minimum absolute atomic E-state index is 0.115. The van der Waals surface area contributed by atoms with Crippen LogP contribution in [0, 0.1) is 5.92 Å². The monoisotopic (exact) mass is 273 g/mol. The molecule has 0 saturated heterocycles. The molecule has 2 N–H and O–H groups in total. The number of nitrogens with two attached hydrogens (primary N) is 1. The SMILES string of the molecule is N[C@H](c1ccc(Br)cc1Cl)C1CCC1. The lowest BCUT2D eigenvalue weighted by Crippen LogP contribution is -2.27. The number of hydrogen-bond acceptors (Lipinski definition) is 1. The molecule has 0 heterocycles. The minimum atomic E-state index is 0.115. The van der Waals surface area contributed by atoms with E-state index in [0.29, 0.717) is 5.92 Å². The van der Waals surface area contributed by atoms with Crippen LogP contribution in [0.15, 0.2) is 22.7 Å². The summed E-state index contributed by atoms with van der Waals surface area (Å²) < 4.78 is 1.01. The van der Waals surface area contributed by atoms with Crippen LogP contribution < -0.4 is 5.73 Å². The Labute approximate surface area is 97.8 Å². The maximum Gasteiger partial charge on any atom is 0.0465 e. The van der Waals surface area contributed by atoms with E-state index in [4.69, 9.17) is 17.3 Å². The fourth-order valence-corrected chi connectivity index (χ4v) is 2.62. The van der Waals surface area contributed by atoms with E-state index in [9.17, 15) is 0 Å². The third-order valence-electron chi connectivity index (χ3n) is 2.98. The molecular formula is C11H13BrClN. The molecule has 0 radical (unpaired) electrons. The average molecular weight is 275 g/mol. The third kappa shape index (κ3) is 1.97. The van der Waals surface area contributed by atoms with Gasteiger partial charge in [0.25, 0.3) is 0 Å². The molecule has 1 aromatic rings. The van der Waals surface area contributed by atoms with Crippen molar-refractivity contribution in [3.63, 3.8) is 0 Å². The van der Waals surface area contributed by atoms with E-state index in [1.54, 1.807) is 0 Å². The molecule has 0 aromatic heterocycles. The first-order valence-corrected chi connectivity index (χ1v) is 6.06. The van der Waals surface area contributed by atoms with Crippen molar-refractivity contribution in [2.24, 2.45) is 11.7 Å². The molecule has 0 unspecified atom stereocenters. The zero-order valence-corrected chi connectivity index (χ0v) is 10.2. The Morgan fingerprint density at radius 1 is 1.43 bits per heavy atom. The van der Waals surface area contributed by atoms with Gasteiger partial charge in [-0.1, -0.05) is 40.0 Å². The van der Waals surface area contributed by atoms with Crippen molar-refractivity contribution in [1.82, 2.24) is 0 Å². The lowest BCUT2D eigenvalue weighted by molar-refractivity contribution is 0.264. The van der Waals surface area contributed by atoms with Crippen molar-refractivity contribution in [3.8, 4) is 0 Å². The van der Waals surface area contributed by atoms with Gasteiger partial charge in [0.05, 0.1) is 0 Å². The summed E-state index contributed by atoms with van der Waals surface area (Å²) in [4.78, 5) is 0. The van der Waals surface area contributed by atoms with Crippen LogP contribution in [0.1, 0.15) is 30.9 Å².